The standard InChI is InChI=1S/C26H22N4O3/c1-3-32-20-12-11-16(13-21(20)31-2)24-23-22(19(14-27)25(28)33-26(23)30-29-24)18-10-6-8-15-7-4-5-9-17(15)18/h4-13,22H,3,28H2,1-2H3,(H,29,30)/t22-/m0/s1. The van der Waals surface area contributed by atoms with Crippen molar-refractivity contribution in [2.24, 2.45) is 5.73 Å². The quantitative estimate of drug-likeness (QED) is 0.461. The van der Waals surface area contributed by atoms with Crippen LogP contribution in [0.5, 0.6) is 17.4 Å². The summed E-state index contributed by atoms with van der Waals surface area (Å²) in [5.41, 5.74) is 9.78. The average molecular weight is 438 g/mol. The molecule has 1 aliphatic heterocycles. The number of methoxy groups -OCH3 is 1. The Kier molecular flexibility index (Phi) is 5.11. The minimum Gasteiger partial charge on any atom is -0.493 e. The molecule has 0 saturated carbocycles. The Morgan fingerprint density at radius 3 is 2.73 bits per heavy atom. The fraction of sp³-hybridized carbons (Fsp3) is 0.154. The van der Waals surface area contributed by atoms with E-state index in [1.807, 2.05) is 67.6 Å². The second-order valence-electron chi connectivity index (χ2n) is 7.61. The molecule has 33 heavy (non-hydrogen) atoms. The lowest BCUT2D eigenvalue weighted by Crippen LogP contribution is -2.21. The van der Waals surface area contributed by atoms with Gasteiger partial charge in [-0.3, -0.25) is 5.10 Å². The van der Waals surface area contributed by atoms with Crippen molar-refractivity contribution >= 4 is 10.8 Å². The maximum absolute atomic E-state index is 10.0. The molecule has 1 aliphatic rings. The molecule has 3 aromatic carbocycles. The number of nitrogens with zero attached hydrogens (tertiary/aromatic N) is 2. The van der Waals surface area contributed by atoms with Gasteiger partial charge in [0.15, 0.2) is 11.5 Å². The number of nitrogens with two attached hydrogens (primary N) is 1. The molecule has 1 atom stereocenters. The van der Waals surface area contributed by atoms with Crippen molar-refractivity contribution in [3.63, 3.8) is 0 Å². The molecule has 0 amide bonds. The van der Waals surface area contributed by atoms with E-state index in [1.54, 1.807) is 7.11 Å². The molecule has 4 aromatic rings. The van der Waals surface area contributed by atoms with Crippen LogP contribution in [0.25, 0.3) is 22.0 Å². The van der Waals surface area contributed by atoms with Crippen molar-refractivity contribution in [2.75, 3.05) is 13.7 Å². The van der Waals surface area contributed by atoms with Crippen LogP contribution >= 0.6 is 0 Å². The van der Waals surface area contributed by atoms with E-state index in [0.717, 1.165) is 33.2 Å². The Morgan fingerprint density at radius 2 is 1.94 bits per heavy atom. The van der Waals surface area contributed by atoms with Crippen molar-refractivity contribution in [3.05, 3.63) is 83.2 Å². The number of rotatable bonds is 5. The van der Waals surface area contributed by atoms with Gasteiger partial charge in [-0.05, 0) is 41.5 Å². The first kappa shape index (κ1) is 20.5. The SMILES string of the molecule is CCOc1ccc(-c2[nH]nc3c2[C@@H](c2cccc4ccccc24)C(C#N)=C(N)O3)cc1OC. The first-order valence-corrected chi connectivity index (χ1v) is 10.6. The summed E-state index contributed by atoms with van der Waals surface area (Å²) in [6.45, 7) is 2.45. The number of aromatic amines is 1. The summed E-state index contributed by atoms with van der Waals surface area (Å²) in [4.78, 5) is 0. The topological polar surface area (TPSA) is 106 Å². The van der Waals surface area contributed by atoms with Crippen molar-refractivity contribution in [1.82, 2.24) is 10.2 Å². The molecule has 164 valence electrons. The first-order valence-electron chi connectivity index (χ1n) is 10.6. The van der Waals surface area contributed by atoms with E-state index in [0.29, 0.717) is 29.6 Å². The number of aromatic nitrogens is 2. The summed E-state index contributed by atoms with van der Waals surface area (Å²) in [5.74, 6) is 1.22. The van der Waals surface area contributed by atoms with E-state index in [1.165, 1.54) is 0 Å². The van der Waals surface area contributed by atoms with Crippen molar-refractivity contribution < 1.29 is 14.2 Å². The van der Waals surface area contributed by atoms with Gasteiger partial charge in [-0.1, -0.05) is 42.5 Å². The van der Waals surface area contributed by atoms with Gasteiger partial charge >= 0.3 is 0 Å². The molecule has 0 radical (unpaired) electrons. The molecule has 5 rings (SSSR count). The summed E-state index contributed by atoms with van der Waals surface area (Å²) in [6, 6.07) is 22.1. The summed E-state index contributed by atoms with van der Waals surface area (Å²) < 4.78 is 17.0. The zero-order valence-corrected chi connectivity index (χ0v) is 18.3. The van der Waals surface area contributed by atoms with Crippen molar-refractivity contribution in [1.29, 1.82) is 5.26 Å². The number of ether oxygens (including phenoxy) is 3. The Balaban J connectivity index is 1.74. The average Bonchev–Trinajstić information content (AvgIpc) is 3.26. The molecule has 1 aromatic heterocycles. The van der Waals surface area contributed by atoms with Gasteiger partial charge in [-0.15, -0.1) is 5.10 Å². The highest BCUT2D eigenvalue weighted by Crippen LogP contribution is 2.47. The molecule has 7 nitrogen and oxygen atoms in total. The van der Waals surface area contributed by atoms with E-state index < -0.39 is 5.92 Å². The third-order valence-corrected chi connectivity index (χ3v) is 5.83. The van der Waals surface area contributed by atoms with Crippen LogP contribution in [-0.4, -0.2) is 23.9 Å². The molecular formula is C26H22N4O3. The van der Waals surface area contributed by atoms with Gasteiger partial charge in [0, 0.05) is 5.56 Å². The summed E-state index contributed by atoms with van der Waals surface area (Å²) in [6.07, 6.45) is 0. The van der Waals surface area contributed by atoms with Crippen molar-refractivity contribution in [2.45, 2.75) is 12.8 Å². The monoisotopic (exact) mass is 438 g/mol. The molecular weight excluding hydrogens is 416 g/mol. The van der Waals surface area contributed by atoms with E-state index >= 15 is 0 Å². The fourth-order valence-corrected chi connectivity index (χ4v) is 4.38. The first-order chi connectivity index (χ1) is 16.2. The molecule has 0 spiro atoms. The zero-order valence-electron chi connectivity index (χ0n) is 18.3. The third kappa shape index (κ3) is 3.33. The van der Waals surface area contributed by atoms with Crippen molar-refractivity contribution in [3.8, 4) is 34.7 Å². The van der Waals surface area contributed by atoms with Crippen LogP contribution in [0.1, 0.15) is 24.0 Å². The van der Waals surface area contributed by atoms with Gasteiger partial charge in [0.25, 0.3) is 0 Å². The summed E-state index contributed by atoms with van der Waals surface area (Å²) >= 11 is 0. The van der Waals surface area contributed by atoms with Gasteiger partial charge in [-0.2, -0.15) is 5.26 Å². The highest BCUT2D eigenvalue weighted by molar-refractivity contribution is 5.88. The van der Waals surface area contributed by atoms with Gasteiger partial charge < -0.3 is 19.9 Å². The number of fused-ring (bicyclic) bond motifs is 2. The minimum absolute atomic E-state index is 0.0604. The number of nitriles is 1. The van der Waals surface area contributed by atoms with Gasteiger partial charge in [0.1, 0.15) is 11.6 Å². The fourth-order valence-electron chi connectivity index (χ4n) is 4.38. The Hall–Kier alpha value is -4.44. The van der Waals surface area contributed by atoms with E-state index in [9.17, 15) is 5.26 Å². The maximum atomic E-state index is 10.0. The molecule has 0 bridgehead atoms. The molecule has 0 saturated heterocycles. The largest absolute Gasteiger partial charge is 0.493 e. The molecule has 3 N–H and O–H groups in total. The van der Waals surface area contributed by atoms with Crippen LogP contribution < -0.4 is 19.9 Å². The van der Waals surface area contributed by atoms with E-state index in [4.69, 9.17) is 19.9 Å². The van der Waals surface area contributed by atoms with E-state index in [-0.39, 0.29) is 5.88 Å². The number of hydrogen-bond donors (Lipinski definition) is 2. The number of H-pyrrole nitrogens is 1. The van der Waals surface area contributed by atoms with Gasteiger partial charge in [-0.25, -0.2) is 0 Å². The second kappa shape index (κ2) is 8.24. The molecule has 0 unspecified atom stereocenters. The van der Waals surface area contributed by atoms with Crippen LogP contribution in [0.4, 0.5) is 0 Å². The van der Waals surface area contributed by atoms with Gasteiger partial charge in [0.2, 0.25) is 11.8 Å². The Labute approximate surface area is 191 Å². The Morgan fingerprint density at radius 1 is 1.12 bits per heavy atom. The van der Waals surface area contributed by atoms with Crippen LogP contribution in [0.2, 0.25) is 0 Å². The summed E-state index contributed by atoms with van der Waals surface area (Å²) in [7, 11) is 1.60. The van der Waals surface area contributed by atoms with Crippen LogP contribution in [0.15, 0.2) is 72.1 Å². The zero-order chi connectivity index (χ0) is 22.9. The van der Waals surface area contributed by atoms with Crippen LogP contribution in [-0.2, 0) is 0 Å². The van der Waals surface area contributed by atoms with Crippen LogP contribution in [0, 0.1) is 11.3 Å². The smallest absolute Gasteiger partial charge is 0.244 e. The Bertz CT molecular complexity index is 1430. The minimum atomic E-state index is -0.448. The van der Waals surface area contributed by atoms with Gasteiger partial charge in [0.05, 0.1) is 30.9 Å². The lowest BCUT2D eigenvalue weighted by Gasteiger charge is -2.25. The highest BCUT2D eigenvalue weighted by Gasteiger charge is 2.36. The number of benzene rings is 3. The normalized spacial score (nSPS) is 15.0. The second-order valence-corrected chi connectivity index (χ2v) is 7.61. The maximum Gasteiger partial charge on any atom is 0.244 e. The third-order valence-electron chi connectivity index (χ3n) is 5.83. The predicted molar refractivity (Wildman–Crippen MR) is 125 cm³/mol. The lowest BCUT2D eigenvalue weighted by molar-refractivity contribution is 0.311. The number of hydrogen-bond acceptors (Lipinski definition) is 6. The van der Waals surface area contributed by atoms with E-state index in [2.05, 4.69) is 16.3 Å². The predicted octanol–water partition coefficient (Wildman–Crippen LogP) is 4.86. The molecule has 0 fully saturated rings. The summed E-state index contributed by atoms with van der Waals surface area (Å²) in [5, 5.41) is 19.6. The molecule has 2 heterocycles. The highest BCUT2D eigenvalue weighted by atomic mass is 16.5. The van der Waals surface area contributed by atoms with Crippen LogP contribution in [0.3, 0.4) is 0 Å². The molecule has 0 aliphatic carbocycles. The lowest BCUT2D eigenvalue weighted by atomic mass is 9.81. The molecule has 7 heteroatoms. The number of nitrogens with one attached hydrogen (secondary N) is 1. The number of allylic oxidation sites excluding steroid dienone is 1.